The number of pyridine rings is 1. The van der Waals surface area contributed by atoms with Gasteiger partial charge < -0.3 is 15.2 Å². The van der Waals surface area contributed by atoms with E-state index in [1.807, 2.05) is 4.90 Å². The summed E-state index contributed by atoms with van der Waals surface area (Å²) >= 11 is 0. The summed E-state index contributed by atoms with van der Waals surface area (Å²) in [4.78, 5) is 39.7. The van der Waals surface area contributed by atoms with Crippen molar-refractivity contribution in [3.05, 3.63) is 61.2 Å². The summed E-state index contributed by atoms with van der Waals surface area (Å²) in [5.74, 6) is 0.649. The van der Waals surface area contributed by atoms with Crippen molar-refractivity contribution >= 4 is 5.82 Å². The average Bonchev–Trinajstić information content (AvgIpc) is 3.04. The van der Waals surface area contributed by atoms with Crippen molar-refractivity contribution in [1.82, 2.24) is 19.4 Å². The smallest absolute Gasteiger partial charge is 0.332 e. The molecule has 1 atom stereocenters. The van der Waals surface area contributed by atoms with Crippen LogP contribution < -0.4 is 27.0 Å². The van der Waals surface area contributed by atoms with E-state index in [0.717, 1.165) is 29.6 Å². The second kappa shape index (κ2) is 6.48. The Morgan fingerprint density at radius 3 is 2.71 bits per heavy atom. The van der Waals surface area contributed by atoms with Gasteiger partial charge in [0.05, 0.1) is 0 Å². The lowest BCUT2D eigenvalue weighted by Crippen LogP contribution is -2.40. The number of nitrogens with one attached hydrogen (secondary N) is 2. The first-order chi connectivity index (χ1) is 11.5. The lowest BCUT2D eigenvalue weighted by atomic mass is 10.2. The highest BCUT2D eigenvalue weighted by Gasteiger charge is 2.24. The van der Waals surface area contributed by atoms with Gasteiger partial charge in [0.2, 0.25) is 5.56 Å². The van der Waals surface area contributed by atoms with Crippen LogP contribution in [0.25, 0.3) is 0 Å². The molecule has 0 saturated carbocycles. The molecule has 8 nitrogen and oxygen atoms in total. The van der Waals surface area contributed by atoms with E-state index >= 15 is 0 Å². The van der Waals surface area contributed by atoms with E-state index in [1.165, 1.54) is 23.7 Å². The molecule has 8 heteroatoms. The standard InChI is InChI=1S/C16H21N5O3/c1-19-14(7-15(23)20(2)16(19)24)21-6-5-12(10-21)17-8-11-3-4-13(22)18-9-11/h3-4,7,9,12,17H,5-6,8,10H2,1-2H3,(H,18,22)/t12-/m0/s1. The molecule has 1 aliphatic heterocycles. The van der Waals surface area contributed by atoms with Crippen LogP contribution in [0.15, 0.2) is 38.8 Å². The third-order valence-electron chi connectivity index (χ3n) is 4.46. The fourth-order valence-corrected chi connectivity index (χ4v) is 2.97. The minimum atomic E-state index is -0.317. The molecule has 0 bridgehead atoms. The zero-order valence-electron chi connectivity index (χ0n) is 13.8. The Labute approximate surface area is 138 Å². The second-order valence-corrected chi connectivity index (χ2v) is 6.12. The van der Waals surface area contributed by atoms with E-state index in [0.29, 0.717) is 12.4 Å². The Morgan fingerprint density at radius 2 is 2.00 bits per heavy atom. The summed E-state index contributed by atoms with van der Waals surface area (Å²) < 4.78 is 2.61. The number of hydrogen-bond donors (Lipinski definition) is 2. The molecule has 2 aromatic rings. The predicted molar refractivity (Wildman–Crippen MR) is 91.4 cm³/mol. The van der Waals surface area contributed by atoms with Crippen LogP contribution in [0, 0.1) is 0 Å². The molecular weight excluding hydrogens is 310 g/mol. The highest BCUT2D eigenvalue weighted by atomic mass is 16.2. The first kappa shape index (κ1) is 16.3. The van der Waals surface area contributed by atoms with E-state index in [9.17, 15) is 14.4 Å². The summed E-state index contributed by atoms with van der Waals surface area (Å²) in [5.41, 5.74) is 0.284. The number of nitrogens with zero attached hydrogens (tertiary/aromatic N) is 3. The predicted octanol–water partition coefficient (Wildman–Crippen LogP) is -0.859. The number of rotatable bonds is 4. The van der Waals surface area contributed by atoms with Crippen LogP contribution in [0.2, 0.25) is 0 Å². The van der Waals surface area contributed by atoms with Gasteiger partial charge >= 0.3 is 5.69 Å². The number of aromatic amines is 1. The maximum Gasteiger partial charge on any atom is 0.332 e. The molecule has 24 heavy (non-hydrogen) atoms. The molecule has 1 aliphatic rings. The molecule has 0 amide bonds. The molecular formula is C16H21N5O3. The summed E-state index contributed by atoms with van der Waals surface area (Å²) in [7, 11) is 3.16. The quantitative estimate of drug-likeness (QED) is 0.761. The van der Waals surface area contributed by atoms with Gasteiger partial charge in [0.15, 0.2) is 0 Å². The number of anilines is 1. The van der Waals surface area contributed by atoms with Crippen molar-refractivity contribution in [2.24, 2.45) is 14.1 Å². The average molecular weight is 331 g/mol. The van der Waals surface area contributed by atoms with Gasteiger partial charge in [-0.15, -0.1) is 0 Å². The molecule has 1 fully saturated rings. The van der Waals surface area contributed by atoms with Crippen molar-refractivity contribution in [3.63, 3.8) is 0 Å². The van der Waals surface area contributed by atoms with Crippen LogP contribution in [-0.4, -0.2) is 33.2 Å². The molecule has 0 aliphatic carbocycles. The van der Waals surface area contributed by atoms with Gasteiger partial charge in [-0.05, 0) is 12.0 Å². The molecule has 0 radical (unpaired) electrons. The van der Waals surface area contributed by atoms with Gasteiger partial charge in [0.1, 0.15) is 5.82 Å². The van der Waals surface area contributed by atoms with Crippen LogP contribution in [-0.2, 0) is 20.6 Å². The SMILES string of the molecule is Cn1c(N2CC[C@H](NCc3ccc(=O)[nH]c3)C2)cc(=O)n(C)c1=O. The maximum atomic E-state index is 12.0. The van der Waals surface area contributed by atoms with Gasteiger partial charge in [0.25, 0.3) is 5.56 Å². The van der Waals surface area contributed by atoms with Crippen molar-refractivity contribution in [3.8, 4) is 0 Å². The number of aromatic nitrogens is 3. The summed E-state index contributed by atoms with van der Waals surface area (Å²) in [5, 5.41) is 3.44. The Hall–Kier alpha value is -2.61. The zero-order valence-corrected chi connectivity index (χ0v) is 13.8. The molecule has 3 heterocycles. The van der Waals surface area contributed by atoms with Crippen LogP contribution in [0.4, 0.5) is 5.82 Å². The van der Waals surface area contributed by atoms with Crippen LogP contribution in [0.3, 0.4) is 0 Å². The Bertz CT molecular complexity index is 891. The third kappa shape index (κ3) is 3.18. The lowest BCUT2D eigenvalue weighted by Gasteiger charge is -2.21. The van der Waals surface area contributed by atoms with Gasteiger partial charge in [-0.3, -0.25) is 18.7 Å². The zero-order chi connectivity index (χ0) is 17.3. The van der Waals surface area contributed by atoms with Crippen LogP contribution in [0.5, 0.6) is 0 Å². The molecule has 2 N–H and O–H groups in total. The Morgan fingerprint density at radius 1 is 1.21 bits per heavy atom. The normalized spacial score (nSPS) is 17.4. The fourth-order valence-electron chi connectivity index (χ4n) is 2.97. The van der Waals surface area contributed by atoms with Crippen molar-refractivity contribution in [2.75, 3.05) is 18.0 Å². The topological polar surface area (TPSA) is 92.1 Å². The monoisotopic (exact) mass is 331 g/mol. The van der Waals surface area contributed by atoms with Gasteiger partial charge in [-0.25, -0.2) is 4.79 Å². The van der Waals surface area contributed by atoms with Crippen molar-refractivity contribution in [2.45, 2.75) is 19.0 Å². The van der Waals surface area contributed by atoms with Crippen LogP contribution >= 0.6 is 0 Å². The van der Waals surface area contributed by atoms with Gasteiger partial charge in [0, 0.05) is 58.1 Å². The fraction of sp³-hybridized carbons (Fsp3) is 0.438. The second-order valence-electron chi connectivity index (χ2n) is 6.12. The first-order valence-corrected chi connectivity index (χ1v) is 7.88. The minimum absolute atomic E-state index is 0.114. The third-order valence-corrected chi connectivity index (χ3v) is 4.46. The minimum Gasteiger partial charge on any atom is -0.356 e. The molecule has 0 spiro atoms. The van der Waals surface area contributed by atoms with E-state index in [4.69, 9.17) is 0 Å². The maximum absolute atomic E-state index is 12.0. The highest BCUT2D eigenvalue weighted by molar-refractivity contribution is 5.40. The summed E-state index contributed by atoms with van der Waals surface area (Å²) in [6.07, 6.45) is 2.62. The molecule has 3 rings (SSSR count). The first-order valence-electron chi connectivity index (χ1n) is 7.88. The lowest BCUT2D eigenvalue weighted by molar-refractivity contribution is 0.549. The largest absolute Gasteiger partial charge is 0.356 e. The highest BCUT2D eigenvalue weighted by Crippen LogP contribution is 2.17. The number of H-pyrrole nitrogens is 1. The molecule has 2 aromatic heterocycles. The summed E-state index contributed by atoms with van der Waals surface area (Å²) in [6, 6.07) is 5.07. The Kier molecular flexibility index (Phi) is 4.39. The molecule has 128 valence electrons. The molecule has 1 saturated heterocycles. The van der Waals surface area contributed by atoms with Crippen molar-refractivity contribution in [1.29, 1.82) is 0 Å². The van der Waals surface area contributed by atoms with E-state index < -0.39 is 0 Å². The van der Waals surface area contributed by atoms with E-state index in [-0.39, 0.29) is 22.9 Å². The van der Waals surface area contributed by atoms with Gasteiger partial charge in [-0.1, -0.05) is 6.07 Å². The van der Waals surface area contributed by atoms with E-state index in [2.05, 4.69) is 10.3 Å². The van der Waals surface area contributed by atoms with Gasteiger partial charge in [-0.2, -0.15) is 0 Å². The van der Waals surface area contributed by atoms with Crippen LogP contribution in [0.1, 0.15) is 12.0 Å². The van der Waals surface area contributed by atoms with Crippen molar-refractivity contribution < 1.29 is 0 Å². The van der Waals surface area contributed by atoms with E-state index in [1.54, 1.807) is 19.3 Å². The molecule has 0 aromatic carbocycles. The number of hydrogen-bond acceptors (Lipinski definition) is 5. The molecule has 0 unspecified atom stereocenters. The Balaban J connectivity index is 1.67. The summed E-state index contributed by atoms with van der Waals surface area (Å²) in [6.45, 7) is 2.16.